The highest BCUT2D eigenvalue weighted by atomic mass is 32.2. The standard InChI is InChI=1S/C17H23N3O2S.C6H4F2/c1-3-12-23(21,22)20-7-6-16-13-15(4-5-17(16)20)14-19-10-8-18(2)9-11-19;7-5-2-1-3-6(8)4-5/h3-7,13H,1,8-12,14H2,2H3;1-4H. The molecule has 0 unspecified atom stereocenters. The van der Waals surface area contributed by atoms with Crippen LogP contribution in [0.4, 0.5) is 8.78 Å². The summed E-state index contributed by atoms with van der Waals surface area (Å²) in [5.41, 5.74) is 1.95. The lowest BCUT2D eigenvalue weighted by Crippen LogP contribution is -2.43. The maximum Gasteiger partial charge on any atom is 0.242 e. The highest BCUT2D eigenvalue weighted by Gasteiger charge is 2.16. The van der Waals surface area contributed by atoms with Gasteiger partial charge in [-0.05, 0) is 42.9 Å². The number of nitrogens with zero attached hydrogens (tertiary/aromatic N) is 3. The Hall–Kier alpha value is -2.55. The van der Waals surface area contributed by atoms with Gasteiger partial charge >= 0.3 is 0 Å². The van der Waals surface area contributed by atoms with Crippen LogP contribution >= 0.6 is 0 Å². The van der Waals surface area contributed by atoms with Gasteiger partial charge in [0.15, 0.2) is 0 Å². The molecule has 0 aliphatic carbocycles. The predicted molar refractivity (Wildman–Crippen MR) is 120 cm³/mol. The van der Waals surface area contributed by atoms with Crippen LogP contribution in [0.3, 0.4) is 0 Å². The molecule has 1 aliphatic heterocycles. The predicted octanol–water partition coefficient (Wildman–Crippen LogP) is 3.72. The number of rotatable bonds is 5. The minimum Gasteiger partial charge on any atom is -0.304 e. The van der Waals surface area contributed by atoms with Crippen molar-refractivity contribution in [3.05, 3.63) is 84.6 Å². The Balaban J connectivity index is 0.000000287. The molecule has 1 aliphatic rings. The molecule has 0 radical (unpaired) electrons. The number of likely N-dealkylation sites (N-methyl/N-ethyl adjacent to an activating group) is 1. The largest absolute Gasteiger partial charge is 0.304 e. The highest BCUT2D eigenvalue weighted by molar-refractivity contribution is 7.90. The highest BCUT2D eigenvalue weighted by Crippen LogP contribution is 2.21. The average molecular weight is 448 g/mol. The summed E-state index contributed by atoms with van der Waals surface area (Å²) in [6.45, 7) is 8.77. The van der Waals surface area contributed by atoms with Crippen molar-refractivity contribution in [3.63, 3.8) is 0 Å². The Labute approximate surface area is 182 Å². The van der Waals surface area contributed by atoms with Crippen molar-refractivity contribution in [3.8, 4) is 0 Å². The second-order valence-corrected chi connectivity index (χ2v) is 9.48. The summed E-state index contributed by atoms with van der Waals surface area (Å²) in [5, 5.41) is 0.962. The second-order valence-electron chi connectivity index (χ2n) is 7.59. The number of fused-ring (bicyclic) bond motifs is 1. The Kier molecular flexibility index (Phi) is 7.59. The van der Waals surface area contributed by atoms with Gasteiger partial charge < -0.3 is 4.90 Å². The Morgan fingerprint density at radius 1 is 1.00 bits per heavy atom. The molecule has 1 aromatic heterocycles. The van der Waals surface area contributed by atoms with E-state index in [1.807, 2.05) is 18.2 Å². The monoisotopic (exact) mass is 447 g/mol. The van der Waals surface area contributed by atoms with E-state index in [2.05, 4.69) is 29.5 Å². The SMILES string of the molecule is C=CCS(=O)(=O)n1ccc2cc(CN3CCN(C)CC3)ccc21.Fc1cccc(F)c1. The van der Waals surface area contributed by atoms with Gasteiger partial charge in [0, 0.05) is 50.4 Å². The summed E-state index contributed by atoms with van der Waals surface area (Å²) in [6.07, 6.45) is 3.05. The average Bonchev–Trinajstić information content (AvgIpc) is 3.14. The molecule has 31 heavy (non-hydrogen) atoms. The minimum absolute atomic E-state index is 0.0557. The zero-order valence-corrected chi connectivity index (χ0v) is 18.4. The first-order valence-corrected chi connectivity index (χ1v) is 11.7. The van der Waals surface area contributed by atoms with Gasteiger partial charge in [-0.1, -0.05) is 18.2 Å². The van der Waals surface area contributed by atoms with Crippen LogP contribution in [-0.4, -0.2) is 61.2 Å². The zero-order chi connectivity index (χ0) is 22.4. The minimum atomic E-state index is -3.36. The van der Waals surface area contributed by atoms with Crippen molar-refractivity contribution in [1.82, 2.24) is 13.8 Å². The molecule has 8 heteroatoms. The second kappa shape index (κ2) is 10.2. The van der Waals surface area contributed by atoms with Crippen LogP contribution in [0.5, 0.6) is 0 Å². The van der Waals surface area contributed by atoms with E-state index in [0.29, 0.717) is 0 Å². The summed E-state index contributed by atoms with van der Waals surface area (Å²) < 4.78 is 49.6. The summed E-state index contributed by atoms with van der Waals surface area (Å²) in [4.78, 5) is 4.77. The van der Waals surface area contributed by atoms with Gasteiger partial charge in [0.05, 0.1) is 11.3 Å². The number of aromatic nitrogens is 1. The van der Waals surface area contributed by atoms with E-state index in [9.17, 15) is 17.2 Å². The maximum atomic E-state index is 12.2. The van der Waals surface area contributed by atoms with Crippen LogP contribution in [0.1, 0.15) is 5.56 Å². The fourth-order valence-corrected chi connectivity index (χ4v) is 4.63. The molecular weight excluding hydrogens is 420 g/mol. The lowest BCUT2D eigenvalue weighted by Gasteiger charge is -2.32. The van der Waals surface area contributed by atoms with Crippen molar-refractivity contribution in [2.75, 3.05) is 39.0 Å². The van der Waals surface area contributed by atoms with Gasteiger partial charge in [0.1, 0.15) is 11.6 Å². The summed E-state index contributed by atoms with van der Waals surface area (Å²) in [5.74, 6) is -1.13. The first kappa shape index (κ1) is 23.1. The van der Waals surface area contributed by atoms with Crippen molar-refractivity contribution < 1.29 is 17.2 Å². The van der Waals surface area contributed by atoms with Crippen LogP contribution in [0.15, 0.2) is 67.4 Å². The smallest absolute Gasteiger partial charge is 0.242 e. The molecule has 0 N–H and O–H groups in total. The van der Waals surface area contributed by atoms with Crippen LogP contribution in [0.25, 0.3) is 10.9 Å². The molecule has 0 spiro atoms. The van der Waals surface area contributed by atoms with Gasteiger partial charge in [-0.25, -0.2) is 21.2 Å². The number of benzene rings is 2. The Morgan fingerprint density at radius 2 is 1.68 bits per heavy atom. The van der Waals surface area contributed by atoms with Crippen LogP contribution in [0, 0.1) is 11.6 Å². The summed E-state index contributed by atoms with van der Waals surface area (Å²) >= 11 is 0. The molecule has 166 valence electrons. The molecule has 5 nitrogen and oxygen atoms in total. The van der Waals surface area contributed by atoms with Crippen molar-refractivity contribution >= 4 is 20.9 Å². The maximum absolute atomic E-state index is 12.2. The lowest BCUT2D eigenvalue weighted by molar-refractivity contribution is 0.148. The number of piperazine rings is 1. The summed E-state index contributed by atoms with van der Waals surface area (Å²) in [6, 6.07) is 12.4. The van der Waals surface area contributed by atoms with Gasteiger partial charge in [-0.15, -0.1) is 6.58 Å². The molecule has 4 rings (SSSR count). The molecular formula is C23H27F2N3O2S. The third-order valence-corrected chi connectivity index (χ3v) is 6.71. The number of hydrogen-bond donors (Lipinski definition) is 0. The third-order valence-electron chi connectivity index (χ3n) is 5.14. The summed E-state index contributed by atoms with van der Waals surface area (Å²) in [7, 11) is -1.21. The van der Waals surface area contributed by atoms with Gasteiger partial charge in [-0.3, -0.25) is 4.90 Å². The quantitative estimate of drug-likeness (QED) is 0.560. The molecule has 2 heterocycles. The van der Waals surface area contributed by atoms with Crippen LogP contribution < -0.4 is 0 Å². The normalized spacial score (nSPS) is 15.5. The Morgan fingerprint density at radius 3 is 2.26 bits per heavy atom. The van der Waals surface area contributed by atoms with Crippen molar-refractivity contribution in [2.24, 2.45) is 0 Å². The fraction of sp³-hybridized carbons (Fsp3) is 0.304. The van der Waals surface area contributed by atoms with Gasteiger partial charge in [0.25, 0.3) is 0 Å². The van der Waals surface area contributed by atoms with E-state index in [-0.39, 0.29) is 5.75 Å². The lowest BCUT2D eigenvalue weighted by atomic mass is 10.1. The van der Waals surface area contributed by atoms with E-state index < -0.39 is 21.7 Å². The molecule has 1 fully saturated rings. The molecule has 3 aromatic rings. The van der Waals surface area contributed by atoms with Crippen LogP contribution in [0.2, 0.25) is 0 Å². The van der Waals surface area contributed by atoms with Crippen molar-refractivity contribution in [1.29, 1.82) is 0 Å². The molecule has 1 saturated heterocycles. The van der Waals surface area contributed by atoms with Crippen LogP contribution in [-0.2, 0) is 16.6 Å². The van der Waals surface area contributed by atoms with Crippen molar-refractivity contribution in [2.45, 2.75) is 6.54 Å². The molecule has 0 saturated carbocycles. The third kappa shape index (κ3) is 6.22. The topological polar surface area (TPSA) is 45.6 Å². The van der Waals surface area contributed by atoms with E-state index >= 15 is 0 Å². The van der Waals surface area contributed by atoms with Gasteiger partial charge in [-0.2, -0.15) is 0 Å². The number of hydrogen-bond acceptors (Lipinski definition) is 4. The first-order chi connectivity index (χ1) is 14.8. The van der Waals surface area contributed by atoms with E-state index in [1.165, 1.54) is 33.8 Å². The molecule has 2 aromatic carbocycles. The van der Waals surface area contributed by atoms with E-state index in [4.69, 9.17) is 0 Å². The van der Waals surface area contributed by atoms with E-state index in [0.717, 1.165) is 49.7 Å². The fourth-order valence-electron chi connectivity index (χ4n) is 3.46. The van der Waals surface area contributed by atoms with Gasteiger partial charge in [0.2, 0.25) is 10.0 Å². The molecule has 0 amide bonds. The Bertz CT molecular complexity index is 1120. The number of halogens is 2. The molecule has 0 atom stereocenters. The molecule has 0 bridgehead atoms. The van der Waals surface area contributed by atoms with E-state index in [1.54, 1.807) is 6.20 Å². The zero-order valence-electron chi connectivity index (χ0n) is 17.5. The first-order valence-electron chi connectivity index (χ1n) is 10.0.